The molecule has 3 unspecified atom stereocenters. The maximum absolute atomic E-state index is 3.82. The Morgan fingerprint density at radius 3 is 2.61 bits per heavy atom. The summed E-state index contributed by atoms with van der Waals surface area (Å²) in [6.45, 7) is 7.04. The van der Waals surface area contributed by atoms with Crippen molar-refractivity contribution in [1.82, 2.24) is 5.32 Å². The summed E-state index contributed by atoms with van der Waals surface area (Å²) < 4.78 is 1.21. The van der Waals surface area contributed by atoms with E-state index in [0.29, 0.717) is 12.1 Å². The molecule has 100 valence electrons. The van der Waals surface area contributed by atoms with Gasteiger partial charge < -0.3 is 5.32 Å². The van der Waals surface area contributed by atoms with Gasteiger partial charge in [-0.25, -0.2) is 0 Å². The van der Waals surface area contributed by atoms with Crippen molar-refractivity contribution in [2.45, 2.75) is 52.1 Å². The number of benzene rings is 1. The van der Waals surface area contributed by atoms with Gasteiger partial charge in [-0.1, -0.05) is 48.0 Å². The van der Waals surface area contributed by atoms with Crippen LogP contribution in [0.1, 0.15) is 51.6 Å². The number of halogens is 1. The predicted octanol–water partition coefficient (Wildman–Crippen LogP) is 4.92. The van der Waals surface area contributed by atoms with Crippen LogP contribution in [-0.4, -0.2) is 6.04 Å². The number of rotatable bonds is 3. The molecule has 4 atom stereocenters. The molecule has 2 rings (SSSR count). The Morgan fingerprint density at radius 1 is 1.22 bits per heavy atom. The van der Waals surface area contributed by atoms with Crippen LogP contribution in [0.3, 0.4) is 0 Å². The molecule has 0 aromatic heterocycles. The van der Waals surface area contributed by atoms with Crippen molar-refractivity contribution in [2.75, 3.05) is 0 Å². The Hall–Kier alpha value is -0.340. The summed E-state index contributed by atoms with van der Waals surface area (Å²) in [6, 6.07) is 9.61. The summed E-state index contributed by atoms with van der Waals surface area (Å²) >= 11 is 3.65. The highest BCUT2D eigenvalue weighted by Crippen LogP contribution is 2.31. The molecule has 1 nitrogen and oxygen atoms in total. The molecule has 0 radical (unpaired) electrons. The largest absolute Gasteiger partial charge is 0.307 e. The maximum atomic E-state index is 3.82. The van der Waals surface area contributed by atoms with Gasteiger partial charge in [0.25, 0.3) is 0 Å². The topological polar surface area (TPSA) is 12.0 Å². The molecular formula is C16H24BrN. The van der Waals surface area contributed by atoms with Crippen LogP contribution in [0.25, 0.3) is 0 Å². The van der Waals surface area contributed by atoms with Gasteiger partial charge in [0.1, 0.15) is 0 Å². The summed E-state index contributed by atoms with van der Waals surface area (Å²) in [5.74, 6) is 1.69. The lowest BCUT2D eigenvalue weighted by molar-refractivity contribution is 0.216. The van der Waals surface area contributed by atoms with Gasteiger partial charge in [0, 0.05) is 16.6 Å². The molecule has 1 saturated carbocycles. The zero-order valence-electron chi connectivity index (χ0n) is 11.6. The van der Waals surface area contributed by atoms with E-state index in [1.165, 1.54) is 29.3 Å². The molecule has 1 aromatic rings. The van der Waals surface area contributed by atoms with Crippen LogP contribution in [-0.2, 0) is 0 Å². The van der Waals surface area contributed by atoms with E-state index in [1.54, 1.807) is 0 Å². The zero-order chi connectivity index (χ0) is 13.1. The van der Waals surface area contributed by atoms with Gasteiger partial charge in [-0.15, -0.1) is 0 Å². The first-order chi connectivity index (χ1) is 8.58. The number of hydrogen-bond acceptors (Lipinski definition) is 1. The van der Waals surface area contributed by atoms with Crippen molar-refractivity contribution in [3.8, 4) is 0 Å². The van der Waals surface area contributed by atoms with Crippen LogP contribution in [0.4, 0.5) is 0 Å². The molecule has 2 heteroatoms. The van der Waals surface area contributed by atoms with Gasteiger partial charge in [0.05, 0.1) is 0 Å². The van der Waals surface area contributed by atoms with E-state index in [2.05, 4.69) is 66.3 Å². The van der Waals surface area contributed by atoms with E-state index in [0.717, 1.165) is 11.8 Å². The standard InChI is InChI=1S/C16H24BrN/c1-11-8-9-16(12(2)10-11)18-13(3)14-6-4-5-7-15(14)17/h4-7,11-13,16,18H,8-10H2,1-3H3/t11?,12?,13-,16?/m1/s1. The lowest BCUT2D eigenvalue weighted by atomic mass is 9.79. The highest BCUT2D eigenvalue weighted by Gasteiger charge is 2.26. The summed E-state index contributed by atoms with van der Waals surface area (Å²) in [7, 11) is 0. The van der Waals surface area contributed by atoms with Gasteiger partial charge in [0.2, 0.25) is 0 Å². The normalized spacial score (nSPS) is 30.1. The van der Waals surface area contributed by atoms with Crippen molar-refractivity contribution >= 4 is 15.9 Å². The van der Waals surface area contributed by atoms with Crippen LogP contribution in [0.5, 0.6) is 0 Å². The smallest absolute Gasteiger partial charge is 0.0305 e. The van der Waals surface area contributed by atoms with Crippen molar-refractivity contribution in [1.29, 1.82) is 0 Å². The highest BCUT2D eigenvalue weighted by molar-refractivity contribution is 9.10. The molecular weight excluding hydrogens is 286 g/mol. The Labute approximate surface area is 119 Å². The minimum atomic E-state index is 0.418. The molecule has 1 aromatic carbocycles. The quantitative estimate of drug-likeness (QED) is 0.835. The van der Waals surface area contributed by atoms with Crippen molar-refractivity contribution in [2.24, 2.45) is 11.8 Å². The van der Waals surface area contributed by atoms with E-state index in [4.69, 9.17) is 0 Å². The third kappa shape index (κ3) is 3.36. The van der Waals surface area contributed by atoms with Crippen LogP contribution >= 0.6 is 15.9 Å². The van der Waals surface area contributed by atoms with E-state index >= 15 is 0 Å². The van der Waals surface area contributed by atoms with Crippen molar-refractivity contribution < 1.29 is 0 Å². The van der Waals surface area contributed by atoms with E-state index < -0.39 is 0 Å². The van der Waals surface area contributed by atoms with Gasteiger partial charge >= 0.3 is 0 Å². The molecule has 0 heterocycles. The van der Waals surface area contributed by atoms with Crippen LogP contribution in [0, 0.1) is 11.8 Å². The van der Waals surface area contributed by atoms with Crippen LogP contribution in [0.2, 0.25) is 0 Å². The highest BCUT2D eigenvalue weighted by atomic mass is 79.9. The van der Waals surface area contributed by atoms with E-state index in [9.17, 15) is 0 Å². The fourth-order valence-corrected chi connectivity index (χ4v) is 3.78. The minimum absolute atomic E-state index is 0.418. The average Bonchev–Trinajstić information content (AvgIpc) is 2.33. The fraction of sp³-hybridized carbons (Fsp3) is 0.625. The fourth-order valence-electron chi connectivity index (χ4n) is 3.15. The lowest BCUT2D eigenvalue weighted by Crippen LogP contribution is -2.40. The Morgan fingerprint density at radius 2 is 1.94 bits per heavy atom. The van der Waals surface area contributed by atoms with E-state index in [1.807, 2.05) is 0 Å². The summed E-state index contributed by atoms with van der Waals surface area (Å²) in [4.78, 5) is 0. The van der Waals surface area contributed by atoms with Crippen molar-refractivity contribution in [3.63, 3.8) is 0 Å². The first kappa shape index (κ1) is 14.1. The monoisotopic (exact) mass is 309 g/mol. The lowest BCUT2D eigenvalue weighted by Gasteiger charge is -2.35. The first-order valence-corrected chi connectivity index (χ1v) is 7.87. The molecule has 0 spiro atoms. The third-order valence-corrected chi connectivity index (χ3v) is 4.99. The van der Waals surface area contributed by atoms with Crippen LogP contribution in [0.15, 0.2) is 28.7 Å². The second kappa shape index (κ2) is 6.21. The molecule has 0 aliphatic heterocycles. The summed E-state index contributed by atoms with van der Waals surface area (Å²) in [5, 5.41) is 3.82. The molecule has 0 saturated heterocycles. The SMILES string of the molecule is CC1CCC(N[C@H](C)c2ccccc2Br)C(C)C1. The molecule has 1 aliphatic carbocycles. The maximum Gasteiger partial charge on any atom is 0.0305 e. The molecule has 0 amide bonds. The van der Waals surface area contributed by atoms with Gasteiger partial charge in [0.15, 0.2) is 0 Å². The number of nitrogens with one attached hydrogen (secondary N) is 1. The Kier molecular flexibility index (Phi) is 4.85. The number of hydrogen-bond donors (Lipinski definition) is 1. The summed E-state index contributed by atoms with van der Waals surface area (Å²) in [6.07, 6.45) is 4.04. The Bertz CT molecular complexity index is 390. The van der Waals surface area contributed by atoms with Gasteiger partial charge in [-0.2, -0.15) is 0 Å². The summed E-state index contributed by atoms with van der Waals surface area (Å²) in [5.41, 5.74) is 1.36. The molecule has 1 N–H and O–H groups in total. The molecule has 18 heavy (non-hydrogen) atoms. The van der Waals surface area contributed by atoms with Crippen molar-refractivity contribution in [3.05, 3.63) is 34.3 Å². The molecule has 0 bridgehead atoms. The molecule has 1 fully saturated rings. The van der Waals surface area contributed by atoms with E-state index in [-0.39, 0.29) is 0 Å². The first-order valence-electron chi connectivity index (χ1n) is 7.08. The molecule has 1 aliphatic rings. The second-order valence-electron chi connectivity index (χ2n) is 5.91. The second-order valence-corrected chi connectivity index (χ2v) is 6.77. The third-order valence-electron chi connectivity index (χ3n) is 4.27. The van der Waals surface area contributed by atoms with Crippen LogP contribution < -0.4 is 5.32 Å². The Balaban J connectivity index is 1.99. The average molecular weight is 310 g/mol. The minimum Gasteiger partial charge on any atom is -0.307 e. The van der Waals surface area contributed by atoms with Gasteiger partial charge in [-0.3, -0.25) is 0 Å². The zero-order valence-corrected chi connectivity index (χ0v) is 13.2. The van der Waals surface area contributed by atoms with Gasteiger partial charge in [-0.05, 0) is 49.7 Å². The predicted molar refractivity (Wildman–Crippen MR) is 81.7 cm³/mol.